The van der Waals surface area contributed by atoms with Crippen LogP contribution in [0.3, 0.4) is 0 Å². The van der Waals surface area contributed by atoms with E-state index in [1.807, 2.05) is 52.0 Å². The molecular formula is C23H28N4O3. The predicted molar refractivity (Wildman–Crippen MR) is 119 cm³/mol. The Morgan fingerprint density at radius 2 is 1.73 bits per heavy atom. The quantitative estimate of drug-likeness (QED) is 0.445. The van der Waals surface area contributed by atoms with Gasteiger partial charge in [0, 0.05) is 17.7 Å². The molecule has 0 aliphatic heterocycles. The van der Waals surface area contributed by atoms with Crippen molar-refractivity contribution in [1.82, 2.24) is 15.0 Å². The third kappa shape index (κ3) is 4.45. The number of nitrogens with zero attached hydrogens (tertiary/aromatic N) is 3. The van der Waals surface area contributed by atoms with Crippen LogP contribution in [0.5, 0.6) is 11.5 Å². The molecule has 0 unspecified atom stereocenters. The maximum absolute atomic E-state index is 12.6. The van der Waals surface area contributed by atoms with Crippen molar-refractivity contribution in [1.29, 1.82) is 0 Å². The molecule has 30 heavy (non-hydrogen) atoms. The highest BCUT2D eigenvalue weighted by molar-refractivity contribution is 6.02. The summed E-state index contributed by atoms with van der Waals surface area (Å²) in [5.41, 5.74) is 6.47. The summed E-state index contributed by atoms with van der Waals surface area (Å²) in [5, 5.41) is 4.26. The summed E-state index contributed by atoms with van der Waals surface area (Å²) in [6.45, 7) is 11.6. The zero-order valence-corrected chi connectivity index (χ0v) is 18.2. The molecule has 3 aromatic rings. The van der Waals surface area contributed by atoms with E-state index in [4.69, 9.17) is 9.47 Å². The Kier molecular flexibility index (Phi) is 6.72. The summed E-state index contributed by atoms with van der Waals surface area (Å²) in [4.78, 5) is 17.1. The van der Waals surface area contributed by atoms with Gasteiger partial charge in [0.1, 0.15) is 5.82 Å². The molecule has 0 atom stereocenters. The third-order valence-corrected chi connectivity index (χ3v) is 4.80. The smallest absolute Gasteiger partial charge is 0.271 e. The van der Waals surface area contributed by atoms with E-state index in [-0.39, 0.29) is 5.91 Å². The standard InChI is InChI=1S/C23H28N4O3/c1-6-27-16(5)24-19-13-18(9-11-20(19)27)23(28)26-25-15(4)17-10-12-21(29-7-2)22(14-17)30-8-3/h9-14H,6-8H2,1-5H3,(H,26,28)/b25-15-. The molecular weight excluding hydrogens is 380 g/mol. The van der Waals surface area contributed by atoms with Crippen molar-refractivity contribution in [2.24, 2.45) is 5.10 Å². The molecule has 0 bridgehead atoms. The summed E-state index contributed by atoms with van der Waals surface area (Å²) in [5.74, 6) is 2.00. The van der Waals surface area contributed by atoms with Gasteiger partial charge in [-0.05, 0) is 71.0 Å². The van der Waals surface area contributed by atoms with Crippen LogP contribution in [-0.2, 0) is 6.54 Å². The molecule has 7 heteroatoms. The van der Waals surface area contributed by atoms with Crippen LogP contribution in [0, 0.1) is 6.92 Å². The first kappa shape index (κ1) is 21.4. The monoisotopic (exact) mass is 408 g/mol. The lowest BCUT2D eigenvalue weighted by molar-refractivity contribution is 0.0955. The van der Waals surface area contributed by atoms with Crippen LogP contribution in [0.1, 0.15) is 49.4 Å². The average molecular weight is 409 g/mol. The van der Waals surface area contributed by atoms with E-state index in [0.717, 1.165) is 29.0 Å². The molecule has 1 N–H and O–H groups in total. The van der Waals surface area contributed by atoms with E-state index in [1.165, 1.54) is 0 Å². The minimum absolute atomic E-state index is 0.282. The maximum Gasteiger partial charge on any atom is 0.271 e. The largest absolute Gasteiger partial charge is 0.490 e. The Hall–Kier alpha value is -3.35. The Labute approximate surface area is 176 Å². The second-order valence-corrected chi connectivity index (χ2v) is 6.77. The van der Waals surface area contributed by atoms with Gasteiger partial charge in [0.2, 0.25) is 0 Å². The summed E-state index contributed by atoms with van der Waals surface area (Å²) in [6, 6.07) is 11.1. The lowest BCUT2D eigenvalue weighted by Crippen LogP contribution is -2.19. The van der Waals surface area contributed by atoms with Crippen molar-refractivity contribution >= 4 is 22.7 Å². The summed E-state index contributed by atoms with van der Waals surface area (Å²) >= 11 is 0. The lowest BCUT2D eigenvalue weighted by atomic mass is 10.1. The second kappa shape index (κ2) is 9.43. The Morgan fingerprint density at radius 1 is 1.03 bits per heavy atom. The van der Waals surface area contributed by atoms with Gasteiger partial charge in [-0.2, -0.15) is 5.10 Å². The number of fused-ring (bicyclic) bond motifs is 1. The molecule has 0 saturated heterocycles. The molecule has 1 heterocycles. The van der Waals surface area contributed by atoms with Crippen LogP contribution in [-0.4, -0.2) is 34.4 Å². The van der Waals surface area contributed by atoms with Crippen LogP contribution >= 0.6 is 0 Å². The van der Waals surface area contributed by atoms with Crippen molar-refractivity contribution in [2.75, 3.05) is 13.2 Å². The van der Waals surface area contributed by atoms with E-state index in [2.05, 4.69) is 27.0 Å². The molecule has 0 saturated carbocycles. The summed E-state index contributed by atoms with van der Waals surface area (Å²) in [7, 11) is 0. The van der Waals surface area contributed by atoms with Gasteiger partial charge in [0.05, 0.1) is 30.0 Å². The number of carbonyl (C=O) groups excluding carboxylic acids is 1. The maximum atomic E-state index is 12.6. The second-order valence-electron chi connectivity index (χ2n) is 6.77. The molecule has 1 aromatic heterocycles. The molecule has 0 spiro atoms. The van der Waals surface area contributed by atoms with Gasteiger partial charge in [-0.25, -0.2) is 10.4 Å². The first-order valence-corrected chi connectivity index (χ1v) is 10.2. The van der Waals surface area contributed by atoms with E-state index in [1.54, 1.807) is 12.1 Å². The van der Waals surface area contributed by atoms with Crippen molar-refractivity contribution in [3.05, 3.63) is 53.3 Å². The van der Waals surface area contributed by atoms with Crippen molar-refractivity contribution in [3.8, 4) is 11.5 Å². The number of nitrogens with one attached hydrogen (secondary N) is 1. The molecule has 0 aliphatic rings. The molecule has 3 rings (SSSR count). The highest BCUT2D eigenvalue weighted by Gasteiger charge is 2.12. The van der Waals surface area contributed by atoms with Crippen LogP contribution in [0.25, 0.3) is 11.0 Å². The molecule has 0 aliphatic carbocycles. The number of imidazole rings is 1. The SMILES string of the molecule is CCOc1ccc(/C(C)=N\NC(=O)c2ccc3c(c2)nc(C)n3CC)cc1OCC. The fourth-order valence-electron chi connectivity index (χ4n) is 3.33. The molecule has 0 fully saturated rings. The topological polar surface area (TPSA) is 77.7 Å². The Bertz CT molecular complexity index is 1090. The van der Waals surface area contributed by atoms with E-state index in [0.29, 0.717) is 36.0 Å². The van der Waals surface area contributed by atoms with Crippen molar-refractivity contribution < 1.29 is 14.3 Å². The van der Waals surface area contributed by atoms with Gasteiger partial charge in [-0.3, -0.25) is 4.79 Å². The van der Waals surface area contributed by atoms with Gasteiger partial charge in [0.25, 0.3) is 5.91 Å². The summed E-state index contributed by atoms with van der Waals surface area (Å²) in [6.07, 6.45) is 0. The van der Waals surface area contributed by atoms with Crippen LogP contribution < -0.4 is 14.9 Å². The highest BCUT2D eigenvalue weighted by atomic mass is 16.5. The minimum Gasteiger partial charge on any atom is -0.490 e. The fourth-order valence-corrected chi connectivity index (χ4v) is 3.33. The molecule has 7 nitrogen and oxygen atoms in total. The number of hydrazone groups is 1. The van der Waals surface area contributed by atoms with Crippen molar-refractivity contribution in [2.45, 2.75) is 41.2 Å². The Morgan fingerprint density at radius 3 is 2.43 bits per heavy atom. The van der Waals surface area contributed by atoms with E-state index in [9.17, 15) is 4.79 Å². The van der Waals surface area contributed by atoms with Gasteiger partial charge in [-0.1, -0.05) is 0 Å². The first-order chi connectivity index (χ1) is 14.5. The number of hydrogen-bond donors (Lipinski definition) is 1. The number of aryl methyl sites for hydroxylation is 2. The number of rotatable bonds is 8. The predicted octanol–water partition coefficient (Wildman–Crippen LogP) is 4.32. The number of ether oxygens (including phenoxy) is 2. The normalized spacial score (nSPS) is 11.6. The van der Waals surface area contributed by atoms with Gasteiger partial charge < -0.3 is 14.0 Å². The number of amides is 1. The fraction of sp³-hybridized carbons (Fsp3) is 0.348. The molecule has 158 valence electrons. The van der Waals surface area contributed by atoms with Gasteiger partial charge in [-0.15, -0.1) is 0 Å². The number of benzene rings is 2. The lowest BCUT2D eigenvalue weighted by Gasteiger charge is -2.12. The zero-order valence-electron chi connectivity index (χ0n) is 18.2. The van der Waals surface area contributed by atoms with Crippen LogP contribution in [0.15, 0.2) is 41.5 Å². The molecule has 1 amide bonds. The van der Waals surface area contributed by atoms with E-state index >= 15 is 0 Å². The third-order valence-electron chi connectivity index (χ3n) is 4.80. The average Bonchev–Trinajstić information content (AvgIpc) is 3.07. The number of hydrogen-bond acceptors (Lipinski definition) is 5. The Balaban J connectivity index is 1.78. The van der Waals surface area contributed by atoms with Crippen molar-refractivity contribution in [3.63, 3.8) is 0 Å². The zero-order chi connectivity index (χ0) is 21.7. The minimum atomic E-state index is -0.282. The first-order valence-electron chi connectivity index (χ1n) is 10.2. The summed E-state index contributed by atoms with van der Waals surface area (Å²) < 4.78 is 13.4. The molecule has 0 radical (unpaired) electrons. The van der Waals surface area contributed by atoms with Crippen LogP contribution in [0.2, 0.25) is 0 Å². The number of aromatic nitrogens is 2. The van der Waals surface area contributed by atoms with Crippen LogP contribution in [0.4, 0.5) is 0 Å². The molecule has 2 aromatic carbocycles. The van der Waals surface area contributed by atoms with E-state index < -0.39 is 0 Å². The van der Waals surface area contributed by atoms with Gasteiger partial charge >= 0.3 is 0 Å². The number of carbonyl (C=O) groups is 1. The highest BCUT2D eigenvalue weighted by Crippen LogP contribution is 2.28. The van der Waals surface area contributed by atoms with Gasteiger partial charge in [0.15, 0.2) is 11.5 Å².